The van der Waals surface area contributed by atoms with Gasteiger partial charge in [-0.05, 0) is 18.8 Å². The molecule has 0 spiro atoms. The molecule has 1 aliphatic rings. The Morgan fingerprint density at radius 1 is 1.40 bits per heavy atom. The summed E-state index contributed by atoms with van der Waals surface area (Å²) in [5.41, 5.74) is 0. The lowest BCUT2D eigenvalue weighted by molar-refractivity contribution is -0.142. The van der Waals surface area contributed by atoms with Crippen LogP contribution in [0.1, 0.15) is 26.2 Å². The van der Waals surface area contributed by atoms with Crippen molar-refractivity contribution in [3.63, 3.8) is 0 Å². The van der Waals surface area contributed by atoms with E-state index in [0.29, 0.717) is 25.9 Å². The second-order valence-corrected chi connectivity index (χ2v) is 5.13. The molecule has 2 amide bonds. The van der Waals surface area contributed by atoms with Gasteiger partial charge >= 0.3 is 18.0 Å². The number of urea groups is 1. The summed E-state index contributed by atoms with van der Waals surface area (Å²) in [6.45, 7) is 2.69. The Morgan fingerprint density at radius 3 is 2.60 bits per heavy atom. The van der Waals surface area contributed by atoms with Gasteiger partial charge < -0.3 is 19.6 Å². The van der Waals surface area contributed by atoms with Crippen LogP contribution in [-0.4, -0.2) is 66.2 Å². The number of carboxylic acids is 1. The molecule has 7 heteroatoms. The number of carboxylic acid groups (broad SMARTS) is 1. The Labute approximate surface area is 118 Å². The Morgan fingerprint density at radius 2 is 2.05 bits per heavy atom. The number of nitrogens with zero attached hydrogens (tertiary/aromatic N) is 2. The minimum atomic E-state index is -0.966. The molecule has 114 valence electrons. The highest BCUT2D eigenvalue weighted by Crippen LogP contribution is 2.25. The summed E-state index contributed by atoms with van der Waals surface area (Å²) in [6.07, 6.45) is 1.43. The van der Waals surface area contributed by atoms with Crippen LogP contribution in [0.4, 0.5) is 4.79 Å². The summed E-state index contributed by atoms with van der Waals surface area (Å²) in [4.78, 5) is 37.3. The van der Waals surface area contributed by atoms with Crippen LogP contribution in [0.15, 0.2) is 0 Å². The number of hydrogen-bond donors (Lipinski definition) is 1. The van der Waals surface area contributed by atoms with Gasteiger partial charge in [0.05, 0.1) is 7.11 Å². The van der Waals surface area contributed by atoms with Crippen molar-refractivity contribution in [1.82, 2.24) is 9.80 Å². The number of carbonyl (C=O) groups excluding carboxylic acids is 2. The number of amides is 2. The normalized spacial score (nSPS) is 21.6. The van der Waals surface area contributed by atoms with Gasteiger partial charge in [0.15, 0.2) is 0 Å². The molecule has 20 heavy (non-hydrogen) atoms. The van der Waals surface area contributed by atoms with Crippen molar-refractivity contribution in [2.75, 3.05) is 27.2 Å². The van der Waals surface area contributed by atoms with Crippen molar-refractivity contribution in [3.8, 4) is 0 Å². The lowest BCUT2D eigenvalue weighted by Crippen LogP contribution is -2.48. The summed E-state index contributed by atoms with van der Waals surface area (Å²) in [7, 11) is 2.93. The molecule has 0 aromatic heterocycles. The van der Waals surface area contributed by atoms with E-state index in [1.807, 2.05) is 6.92 Å². The first-order valence-corrected chi connectivity index (χ1v) is 6.69. The van der Waals surface area contributed by atoms with Crippen LogP contribution >= 0.6 is 0 Å². The highest BCUT2D eigenvalue weighted by Gasteiger charge is 2.40. The Kier molecular flexibility index (Phi) is 5.79. The first-order chi connectivity index (χ1) is 9.38. The molecule has 0 aromatic rings. The number of hydrogen-bond acceptors (Lipinski definition) is 4. The maximum absolute atomic E-state index is 12.2. The third-order valence-corrected chi connectivity index (χ3v) is 3.63. The van der Waals surface area contributed by atoms with E-state index in [0.717, 1.165) is 0 Å². The van der Waals surface area contributed by atoms with Crippen molar-refractivity contribution >= 4 is 18.0 Å². The fourth-order valence-electron chi connectivity index (χ4n) is 2.42. The predicted molar refractivity (Wildman–Crippen MR) is 71.2 cm³/mol. The molecule has 0 aromatic carbocycles. The fourth-order valence-corrected chi connectivity index (χ4v) is 2.42. The van der Waals surface area contributed by atoms with Crippen molar-refractivity contribution in [1.29, 1.82) is 0 Å². The van der Waals surface area contributed by atoms with E-state index >= 15 is 0 Å². The molecule has 1 saturated heterocycles. The molecule has 1 fully saturated rings. The zero-order valence-electron chi connectivity index (χ0n) is 12.2. The topological polar surface area (TPSA) is 87.2 Å². The third kappa shape index (κ3) is 3.85. The van der Waals surface area contributed by atoms with Crippen LogP contribution in [0.2, 0.25) is 0 Å². The molecule has 0 bridgehead atoms. The first-order valence-electron chi connectivity index (χ1n) is 6.69. The van der Waals surface area contributed by atoms with E-state index in [4.69, 9.17) is 0 Å². The number of aliphatic carboxylic acids is 1. The largest absolute Gasteiger partial charge is 0.480 e. The van der Waals surface area contributed by atoms with Gasteiger partial charge in [-0.2, -0.15) is 0 Å². The molecule has 1 rings (SSSR count). The van der Waals surface area contributed by atoms with Gasteiger partial charge in [-0.1, -0.05) is 6.92 Å². The number of likely N-dealkylation sites (tertiary alicyclic amines) is 1. The average Bonchev–Trinajstić information content (AvgIpc) is 2.79. The highest BCUT2D eigenvalue weighted by molar-refractivity contribution is 5.83. The molecule has 1 heterocycles. The summed E-state index contributed by atoms with van der Waals surface area (Å²) >= 11 is 0. The second kappa shape index (κ2) is 7.12. The SMILES string of the molecule is COC(=O)CCCN(C)C(=O)N1CCC(C)C1C(=O)O. The van der Waals surface area contributed by atoms with Crippen LogP contribution in [0.3, 0.4) is 0 Å². The van der Waals surface area contributed by atoms with Gasteiger partial charge in [0.2, 0.25) is 0 Å². The van der Waals surface area contributed by atoms with E-state index in [1.165, 1.54) is 16.9 Å². The fraction of sp³-hybridized carbons (Fsp3) is 0.769. The summed E-state index contributed by atoms with van der Waals surface area (Å²) in [5, 5.41) is 9.19. The Bertz CT molecular complexity index is 385. The predicted octanol–water partition coefficient (Wildman–Crippen LogP) is 0.786. The Balaban J connectivity index is 2.52. The van der Waals surface area contributed by atoms with Crippen LogP contribution in [0.25, 0.3) is 0 Å². The van der Waals surface area contributed by atoms with Crippen LogP contribution in [0, 0.1) is 5.92 Å². The zero-order valence-corrected chi connectivity index (χ0v) is 12.2. The van der Waals surface area contributed by atoms with Crippen LogP contribution in [-0.2, 0) is 14.3 Å². The Hall–Kier alpha value is -1.79. The maximum Gasteiger partial charge on any atom is 0.326 e. The van der Waals surface area contributed by atoms with Gasteiger partial charge in [0.25, 0.3) is 0 Å². The monoisotopic (exact) mass is 286 g/mol. The van der Waals surface area contributed by atoms with Gasteiger partial charge in [0, 0.05) is 26.6 Å². The quantitative estimate of drug-likeness (QED) is 0.755. The lowest BCUT2D eigenvalue weighted by Gasteiger charge is -2.28. The summed E-state index contributed by atoms with van der Waals surface area (Å²) in [5.74, 6) is -1.32. The standard InChI is InChI=1S/C13H22N2O5/c1-9-6-8-15(11(9)12(17)18)13(19)14(2)7-4-5-10(16)20-3/h9,11H,4-8H2,1-3H3,(H,17,18). The minimum absolute atomic E-state index is 0.0417. The molecule has 7 nitrogen and oxygen atoms in total. The molecule has 2 atom stereocenters. The highest BCUT2D eigenvalue weighted by atomic mass is 16.5. The van der Waals surface area contributed by atoms with E-state index < -0.39 is 12.0 Å². The molecular weight excluding hydrogens is 264 g/mol. The molecule has 2 unspecified atom stereocenters. The number of esters is 1. The molecule has 0 aliphatic carbocycles. The average molecular weight is 286 g/mol. The molecule has 1 aliphatic heterocycles. The second-order valence-electron chi connectivity index (χ2n) is 5.13. The molecular formula is C13H22N2O5. The van der Waals surface area contributed by atoms with Gasteiger partial charge in [0.1, 0.15) is 6.04 Å². The van der Waals surface area contributed by atoms with Gasteiger partial charge in [-0.15, -0.1) is 0 Å². The minimum Gasteiger partial charge on any atom is -0.480 e. The van der Waals surface area contributed by atoms with Crippen LogP contribution in [0.5, 0.6) is 0 Å². The summed E-state index contributed by atoms with van der Waals surface area (Å²) < 4.78 is 4.52. The van der Waals surface area contributed by atoms with E-state index in [1.54, 1.807) is 7.05 Å². The van der Waals surface area contributed by atoms with Crippen molar-refractivity contribution in [3.05, 3.63) is 0 Å². The first kappa shape index (κ1) is 16.3. The van der Waals surface area contributed by atoms with E-state index in [2.05, 4.69) is 4.74 Å². The van der Waals surface area contributed by atoms with E-state index in [9.17, 15) is 19.5 Å². The smallest absolute Gasteiger partial charge is 0.326 e. The number of carbonyl (C=O) groups is 3. The molecule has 0 saturated carbocycles. The number of rotatable bonds is 5. The summed E-state index contributed by atoms with van der Waals surface area (Å²) in [6, 6.07) is -1.06. The van der Waals surface area contributed by atoms with E-state index in [-0.39, 0.29) is 24.3 Å². The third-order valence-electron chi connectivity index (χ3n) is 3.63. The number of methoxy groups -OCH3 is 1. The van der Waals surface area contributed by atoms with Crippen molar-refractivity contribution in [2.24, 2.45) is 5.92 Å². The number of ether oxygens (including phenoxy) is 1. The van der Waals surface area contributed by atoms with Crippen molar-refractivity contribution in [2.45, 2.75) is 32.2 Å². The van der Waals surface area contributed by atoms with Crippen molar-refractivity contribution < 1.29 is 24.2 Å². The van der Waals surface area contributed by atoms with Crippen LogP contribution < -0.4 is 0 Å². The van der Waals surface area contributed by atoms with Gasteiger partial charge in [-0.25, -0.2) is 9.59 Å². The lowest BCUT2D eigenvalue weighted by atomic mass is 10.0. The van der Waals surface area contributed by atoms with Gasteiger partial charge in [-0.3, -0.25) is 4.79 Å². The molecule has 1 N–H and O–H groups in total. The zero-order chi connectivity index (χ0) is 15.3. The molecule has 0 radical (unpaired) electrons. The maximum atomic E-state index is 12.2.